The molecule has 0 aliphatic carbocycles. The molecular formula is C26H33FN4O. The number of benzene rings is 2. The lowest BCUT2D eigenvalue weighted by atomic mass is 10.0. The second-order valence-electron chi connectivity index (χ2n) is 8.63. The van der Waals surface area contributed by atoms with Crippen LogP contribution >= 0.6 is 0 Å². The van der Waals surface area contributed by atoms with E-state index < -0.39 is 0 Å². The summed E-state index contributed by atoms with van der Waals surface area (Å²) >= 11 is 0. The number of anilines is 1. The van der Waals surface area contributed by atoms with Gasteiger partial charge in [-0.25, -0.2) is 4.39 Å². The molecule has 1 aliphatic rings. The number of para-hydroxylation sites is 1. The molecule has 6 heteroatoms. The number of rotatable bonds is 8. The van der Waals surface area contributed by atoms with E-state index in [1.807, 2.05) is 31.3 Å². The second kappa shape index (κ2) is 10.2. The summed E-state index contributed by atoms with van der Waals surface area (Å²) in [6.07, 6.45) is 4.10. The summed E-state index contributed by atoms with van der Waals surface area (Å²) in [5.41, 5.74) is 4.23. The first-order valence-electron chi connectivity index (χ1n) is 11.7. The number of halogens is 1. The van der Waals surface area contributed by atoms with Crippen LogP contribution in [0.15, 0.2) is 48.7 Å². The van der Waals surface area contributed by atoms with Crippen molar-refractivity contribution in [2.75, 3.05) is 37.6 Å². The molecule has 0 spiro atoms. The molecule has 3 aromatic rings. The number of nitrogens with one attached hydrogen (secondary N) is 2. The van der Waals surface area contributed by atoms with Crippen LogP contribution in [0, 0.1) is 5.82 Å². The van der Waals surface area contributed by atoms with Crippen LogP contribution in [0.3, 0.4) is 0 Å². The summed E-state index contributed by atoms with van der Waals surface area (Å²) < 4.78 is 14.1. The third-order valence-electron chi connectivity index (χ3n) is 6.52. The zero-order chi connectivity index (χ0) is 22.5. The predicted molar refractivity (Wildman–Crippen MR) is 129 cm³/mol. The minimum Gasteiger partial charge on any atom is -0.369 e. The smallest absolute Gasteiger partial charge is 0.220 e. The number of aryl methyl sites for hydroxylation is 1. The standard InChI is InChI=1S/C26H33FN4O/c1-3-30-13-15-31(16-14-30)25-12-11-21(27)17-23(25)19(2)29-26(32)10-6-7-20-18-28-24-9-5-4-8-22(20)24/h4-5,8-9,11-12,17-19,28H,3,6-7,10,13-16H2,1-2H3,(H,29,32). The van der Waals surface area contributed by atoms with Gasteiger partial charge < -0.3 is 20.1 Å². The Morgan fingerprint density at radius 1 is 1.16 bits per heavy atom. The number of piperazine rings is 1. The van der Waals surface area contributed by atoms with Crippen LogP contribution in [-0.4, -0.2) is 48.5 Å². The molecule has 32 heavy (non-hydrogen) atoms. The minimum absolute atomic E-state index is 0.00311. The summed E-state index contributed by atoms with van der Waals surface area (Å²) in [6.45, 7) is 9.00. The van der Waals surface area contributed by atoms with Crippen LogP contribution in [-0.2, 0) is 11.2 Å². The van der Waals surface area contributed by atoms with E-state index in [1.54, 1.807) is 6.07 Å². The summed E-state index contributed by atoms with van der Waals surface area (Å²) in [5.74, 6) is -0.264. The van der Waals surface area contributed by atoms with E-state index >= 15 is 0 Å². The molecule has 1 fully saturated rings. The lowest BCUT2D eigenvalue weighted by molar-refractivity contribution is -0.121. The maximum atomic E-state index is 14.1. The molecule has 5 nitrogen and oxygen atoms in total. The first-order valence-corrected chi connectivity index (χ1v) is 11.7. The van der Waals surface area contributed by atoms with Gasteiger partial charge in [-0.2, -0.15) is 0 Å². The Kier molecular flexibility index (Phi) is 7.10. The Labute approximate surface area is 189 Å². The summed E-state index contributed by atoms with van der Waals surface area (Å²) in [4.78, 5) is 20.6. The zero-order valence-corrected chi connectivity index (χ0v) is 19.0. The van der Waals surface area contributed by atoms with E-state index in [0.717, 1.165) is 62.3 Å². The number of amides is 1. The Bertz CT molecular complexity index is 1050. The maximum Gasteiger partial charge on any atom is 0.220 e. The number of hydrogen-bond acceptors (Lipinski definition) is 3. The fourth-order valence-electron chi connectivity index (χ4n) is 4.63. The fraction of sp³-hybridized carbons (Fsp3) is 0.423. The highest BCUT2D eigenvalue weighted by atomic mass is 19.1. The summed E-state index contributed by atoms with van der Waals surface area (Å²) in [7, 11) is 0. The fourth-order valence-corrected chi connectivity index (χ4v) is 4.63. The van der Waals surface area contributed by atoms with Crippen LogP contribution in [0.1, 0.15) is 43.9 Å². The van der Waals surface area contributed by atoms with E-state index in [-0.39, 0.29) is 17.8 Å². The zero-order valence-electron chi connectivity index (χ0n) is 19.0. The molecule has 4 rings (SSSR count). The Hall–Kier alpha value is -2.86. The summed E-state index contributed by atoms with van der Waals surface area (Å²) in [6, 6.07) is 12.9. The molecule has 1 amide bonds. The Morgan fingerprint density at radius 3 is 2.72 bits per heavy atom. The number of hydrogen-bond donors (Lipinski definition) is 2. The van der Waals surface area contributed by atoms with Crippen molar-refractivity contribution in [2.45, 2.75) is 39.2 Å². The highest BCUT2D eigenvalue weighted by molar-refractivity contribution is 5.83. The van der Waals surface area contributed by atoms with Crippen molar-refractivity contribution >= 4 is 22.5 Å². The molecule has 2 heterocycles. The summed E-state index contributed by atoms with van der Waals surface area (Å²) in [5, 5.41) is 4.31. The minimum atomic E-state index is -0.267. The van der Waals surface area contributed by atoms with Gasteiger partial charge in [0.1, 0.15) is 5.82 Å². The van der Waals surface area contributed by atoms with Gasteiger partial charge in [0.2, 0.25) is 5.91 Å². The lowest BCUT2D eigenvalue weighted by Crippen LogP contribution is -2.46. The average molecular weight is 437 g/mol. The van der Waals surface area contributed by atoms with Crippen molar-refractivity contribution in [3.8, 4) is 0 Å². The molecule has 1 aromatic heterocycles. The highest BCUT2D eigenvalue weighted by Crippen LogP contribution is 2.28. The Balaban J connectivity index is 1.35. The van der Waals surface area contributed by atoms with Crippen LogP contribution < -0.4 is 10.2 Å². The van der Waals surface area contributed by atoms with Crippen molar-refractivity contribution in [3.63, 3.8) is 0 Å². The van der Waals surface area contributed by atoms with E-state index in [9.17, 15) is 9.18 Å². The van der Waals surface area contributed by atoms with Gasteiger partial charge in [-0.1, -0.05) is 25.1 Å². The van der Waals surface area contributed by atoms with Crippen LogP contribution in [0.4, 0.5) is 10.1 Å². The SMILES string of the molecule is CCN1CCN(c2ccc(F)cc2C(C)NC(=O)CCCc2c[nH]c3ccccc23)CC1. The van der Waals surface area contributed by atoms with Gasteiger partial charge in [-0.3, -0.25) is 4.79 Å². The monoisotopic (exact) mass is 436 g/mol. The van der Waals surface area contributed by atoms with Crippen molar-refractivity contribution in [3.05, 3.63) is 65.6 Å². The molecule has 1 saturated heterocycles. The van der Waals surface area contributed by atoms with Crippen molar-refractivity contribution in [1.82, 2.24) is 15.2 Å². The number of H-pyrrole nitrogens is 1. The van der Waals surface area contributed by atoms with E-state index in [4.69, 9.17) is 0 Å². The van der Waals surface area contributed by atoms with Crippen molar-refractivity contribution in [2.24, 2.45) is 0 Å². The number of aromatic amines is 1. The lowest BCUT2D eigenvalue weighted by Gasteiger charge is -2.37. The van der Waals surface area contributed by atoms with Gasteiger partial charge in [0.15, 0.2) is 0 Å². The number of fused-ring (bicyclic) bond motifs is 1. The average Bonchev–Trinajstić information content (AvgIpc) is 3.22. The molecule has 1 atom stereocenters. The first-order chi connectivity index (χ1) is 15.5. The van der Waals surface area contributed by atoms with Gasteiger partial charge in [-0.05, 0) is 56.1 Å². The molecule has 0 radical (unpaired) electrons. The largest absolute Gasteiger partial charge is 0.369 e. The quantitative estimate of drug-likeness (QED) is 0.541. The molecule has 0 bridgehead atoms. The van der Waals surface area contributed by atoms with Gasteiger partial charge in [0.25, 0.3) is 0 Å². The number of nitrogens with zero attached hydrogens (tertiary/aromatic N) is 2. The molecule has 2 aromatic carbocycles. The molecule has 2 N–H and O–H groups in total. The Morgan fingerprint density at radius 2 is 1.94 bits per heavy atom. The van der Waals surface area contributed by atoms with Gasteiger partial charge in [0, 0.05) is 61.0 Å². The van der Waals surface area contributed by atoms with Crippen LogP contribution in [0.5, 0.6) is 0 Å². The third-order valence-corrected chi connectivity index (χ3v) is 6.52. The molecule has 0 saturated carbocycles. The molecular weight excluding hydrogens is 403 g/mol. The first kappa shape index (κ1) is 22.3. The van der Waals surface area contributed by atoms with Crippen molar-refractivity contribution in [1.29, 1.82) is 0 Å². The van der Waals surface area contributed by atoms with E-state index in [1.165, 1.54) is 17.0 Å². The highest BCUT2D eigenvalue weighted by Gasteiger charge is 2.21. The third kappa shape index (κ3) is 5.13. The van der Waals surface area contributed by atoms with E-state index in [2.05, 4.69) is 39.2 Å². The molecule has 1 aliphatic heterocycles. The van der Waals surface area contributed by atoms with E-state index in [0.29, 0.717) is 6.42 Å². The second-order valence-corrected chi connectivity index (χ2v) is 8.63. The van der Waals surface area contributed by atoms with Gasteiger partial charge >= 0.3 is 0 Å². The van der Waals surface area contributed by atoms with Gasteiger partial charge in [-0.15, -0.1) is 0 Å². The number of carbonyl (C=O) groups is 1. The van der Waals surface area contributed by atoms with Gasteiger partial charge in [0.05, 0.1) is 6.04 Å². The predicted octanol–water partition coefficient (Wildman–Crippen LogP) is 4.65. The van der Waals surface area contributed by atoms with Crippen LogP contribution in [0.25, 0.3) is 10.9 Å². The molecule has 170 valence electrons. The van der Waals surface area contributed by atoms with Crippen molar-refractivity contribution < 1.29 is 9.18 Å². The topological polar surface area (TPSA) is 51.4 Å². The number of likely N-dealkylation sites (N-methyl/N-ethyl adjacent to an activating group) is 1. The maximum absolute atomic E-state index is 14.1. The molecule has 1 unspecified atom stereocenters. The normalized spacial score (nSPS) is 15.8. The number of carbonyl (C=O) groups excluding carboxylic acids is 1. The number of aromatic nitrogens is 1. The van der Waals surface area contributed by atoms with Crippen LogP contribution in [0.2, 0.25) is 0 Å².